The average Bonchev–Trinajstić information content (AvgIpc) is 0. The second kappa shape index (κ2) is 0. The van der Waals surface area contributed by atoms with Crippen LogP contribution in [0.5, 0.6) is 0 Å². The Kier molecular flexibility index (Phi) is 0. The van der Waals surface area contributed by atoms with Gasteiger partial charge in [-0.15, -0.1) is 0 Å². The third-order valence-electron chi connectivity index (χ3n) is 0. The van der Waals surface area contributed by atoms with E-state index in [1.807, 2.05) is 0 Å². The van der Waals surface area contributed by atoms with Crippen molar-refractivity contribution in [2.24, 2.45) is 0 Å². The standard InChI is InChI=1S/13CH4.3CH3/h13*1H4;3*1H3/q;;;;;;;;;;;;;3*-1. The second-order valence-corrected chi connectivity index (χ2v) is 0. The Labute approximate surface area is 119 Å². The van der Waals surface area contributed by atoms with E-state index in [4.69, 9.17) is 0 Å². The van der Waals surface area contributed by atoms with Crippen molar-refractivity contribution in [1.29, 1.82) is 0 Å². The lowest BCUT2D eigenvalue weighted by Gasteiger charge is -0.359. The normalized spacial score (nSPS) is 0. The van der Waals surface area contributed by atoms with Crippen LogP contribution in [0.1, 0.15) is 96.5 Å². The summed E-state index contributed by atoms with van der Waals surface area (Å²) in [5, 5.41) is 0. The lowest BCUT2D eigenvalue weighted by Crippen LogP contribution is 0.0803. The van der Waals surface area contributed by atoms with Crippen LogP contribution in [0.15, 0.2) is 0 Å². The van der Waals surface area contributed by atoms with E-state index in [-0.39, 0.29) is 119 Å². The SMILES string of the molecule is C.C.C.C.C.C.C.C.C.C.C.C.C.[CH3-].[CH3-].[CH3-]. The van der Waals surface area contributed by atoms with Crippen LogP contribution >= 0.6 is 0 Å². The number of hydrogen-bond acceptors (Lipinski definition) is 0. The van der Waals surface area contributed by atoms with E-state index >= 15 is 0 Å². The van der Waals surface area contributed by atoms with Crippen molar-refractivity contribution in [1.82, 2.24) is 0 Å². The van der Waals surface area contributed by atoms with Gasteiger partial charge < -0.3 is 22.3 Å². The topological polar surface area (TPSA) is 0 Å². The summed E-state index contributed by atoms with van der Waals surface area (Å²) >= 11 is 0. The molecule has 0 saturated carbocycles. The summed E-state index contributed by atoms with van der Waals surface area (Å²) in [5.74, 6) is 0. The van der Waals surface area contributed by atoms with Gasteiger partial charge in [0, 0.05) is 0 Å². The Morgan fingerprint density at radius 2 is 0.125 bits per heavy atom. The third kappa shape index (κ3) is 0. The molecule has 0 N–H and O–H groups in total. The van der Waals surface area contributed by atoms with Crippen LogP contribution in [0.2, 0.25) is 0 Å². The molecule has 0 unspecified atom stereocenters. The van der Waals surface area contributed by atoms with Crippen LogP contribution in [0, 0.1) is 22.3 Å². The van der Waals surface area contributed by atoms with Crippen LogP contribution in [0.4, 0.5) is 0 Å². The largest absolute Gasteiger partial charge is 0.358 e. The first-order valence-electron chi connectivity index (χ1n) is 0. The molecular weight excluding hydrogens is 192 g/mol. The molecule has 0 heterocycles. The molecule has 0 aliphatic heterocycles. The average molecular weight is 254 g/mol. The molecular formula is C16H61-3. The van der Waals surface area contributed by atoms with Crippen molar-refractivity contribution in [3.8, 4) is 0 Å². The van der Waals surface area contributed by atoms with Crippen LogP contribution in [-0.4, -0.2) is 0 Å². The Morgan fingerprint density at radius 1 is 0.125 bits per heavy atom. The molecule has 0 aromatic heterocycles. The fourth-order valence-electron chi connectivity index (χ4n) is 0. The van der Waals surface area contributed by atoms with E-state index in [0.29, 0.717) is 0 Å². The van der Waals surface area contributed by atoms with Crippen LogP contribution in [0.3, 0.4) is 0 Å². The van der Waals surface area contributed by atoms with Crippen molar-refractivity contribution < 1.29 is 0 Å². The van der Waals surface area contributed by atoms with Gasteiger partial charge in [-0.2, -0.15) is 0 Å². The van der Waals surface area contributed by atoms with Gasteiger partial charge in [-0.05, 0) is 0 Å². The van der Waals surface area contributed by atoms with Crippen molar-refractivity contribution in [2.45, 2.75) is 96.5 Å². The highest BCUT2D eigenvalue weighted by Crippen LogP contribution is 0.157. The summed E-state index contributed by atoms with van der Waals surface area (Å²) in [4.78, 5) is 0. The summed E-state index contributed by atoms with van der Waals surface area (Å²) in [7, 11) is 0. The molecule has 0 atom stereocenters. The molecule has 0 aromatic carbocycles. The zero-order valence-electron chi connectivity index (χ0n) is 3.00. The Balaban J connectivity index is 0. The van der Waals surface area contributed by atoms with E-state index in [9.17, 15) is 0 Å². The first-order valence-corrected chi connectivity index (χ1v) is 0. The molecule has 0 spiro atoms. The predicted molar refractivity (Wildman–Crippen MR) is 107 cm³/mol. The highest BCUT2D eigenvalue weighted by molar-refractivity contribution is 3.25. The predicted octanol–water partition coefficient (Wildman–Crippen LogP) is 9.62. The highest BCUT2D eigenvalue weighted by Gasteiger charge is -0.0654. The summed E-state index contributed by atoms with van der Waals surface area (Å²) in [6.45, 7) is 0. The molecule has 0 radical (unpaired) electrons. The third-order valence-corrected chi connectivity index (χ3v) is 0. The van der Waals surface area contributed by atoms with E-state index in [0.717, 1.165) is 0 Å². The van der Waals surface area contributed by atoms with Gasteiger partial charge in [0.2, 0.25) is 0 Å². The van der Waals surface area contributed by atoms with Gasteiger partial charge in [0.1, 0.15) is 0 Å². The maximum absolute atomic E-state index is 0. The molecule has 0 aliphatic carbocycles. The second-order valence-electron chi connectivity index (χ2n) is 0. The van der Waals surface area contributed by atoms with Crippen molar-refractivity contribution in [2.75, 3.05) is 0 Å². The van der Waals surface area contributed by atoms with Crippen molar-refractivity contribution >= 4 is 0 Å². The van der Waals surface area contributed by atoms with Gasteiger partial charge in [0.15, 0.2) is 0 Å². The van der Waals surface area contributed by atoms with E-state index in [1.54, 1.807) is 0 Å². The fourth-order valence-corrected chi connectivity index (χ4v) is 0. The van der Waals surface area contributed by atoms with Gasteiger partial charge >= 0.3 is 0 Å². The van der Waals surface area contributed by atoms with E-state index in [1.165, 1.54) is 0 Å². The molecule has 0 aromatic rings. The molecule has 128 valence electrons. The Morgan fingerprint density at radius 3 is 0.125 bits per heavy atom. The molecule has 0 amide bonds. The molecule has 0 nitrogen and oxygen atoms in total. The van der Waals surface area contributed by atoms with Crippen molar-refractivity contribution in [3.05, 3.63) is 22.3 Å². The molecule has 0 saturated heterocycles. The van der Waals surface area contributed by atoms with E-state index < -0.39 is 0 Å². The van der Waals surface area contributed by atoms with Crippen LogP contribution in [-0.2, 0) is 0 Å². The zero-order chi connectivity index (χ0) is 0. The quantitative estimate of drug-likeness (QED) is 0.377. The van der Waals surface area contributed by atoms with Crippen LogP contribution < -0.4 is 0 Å². The minimum absolute atomic E-state index is 0. The number of hydrogen-bond donors (Lipinski definition) is 0. The summed E-state index contributed by atoms with van der Waals surface area (Å²) in [6, 6.07) is 0. The van der Waals surface area contributed by atoms with Gasteiger partial charge in [-0.25, -0.2) is 0 Å². The van der Waals surface area contributed by atoms with Gasteiger partial charge in [0.25, 0.3) is 0 Å². The zero-order valence-corrected chi connectivity index (χ0v) is 3.00. The maximum Gasteiger partial charge on any atom is -0.0776 e. The Hall–Kier alpha value is 0. The summed E-state index contributed by atoms with van der Waals surface area (Å²) in [6.07, 6.45) is 0. The van der Waals surface area contributed by atoms with Gasteiger partial charge in [-0.1, -0.05) is 96.5 Å². The van der Waals surface area contributed by atoms with Crippen LogP contribution in [0.25, 0.3) is 0 Å². The van der Waals surface area contributed by atoms with Gasteiger partial charge in [-0.3, -0.25) is 0 Å². The fraction of sp³-hybridized carbons (Fsp3) is 0.812. The highest BCUT2D eigenvalue weighted by atomic mass is 12.0. The lowest BCUT2D eigenvalue weighted by molar-refractivity contribution is 2.50. The molecule has 0 rings (SSSR count). The molecule has 16 heavy (non-hydrogen) atoms. The smallest absolute Gasteiger partial charge is 0.0776 e. The first kappa shape index (κ1) is 0. The lowest BCUT2D eigenvalue weighted by atomic mass is 12.0. The Bertz CT molecular complexity index is 0. The monoisotopic (exact) mass is 253 g/mol. The van der Waals surface area contributed by atoms with Gasteiger partial charge in [0.05, 0.1) is 0 Å². The maximum atomic E-state index is 0. The first-order chi connectivity index (χ1) is 0. The minimum atomic E-state index is 0. The molecule has 0 fully saturated rings. The number of rotatable bonds is 0. The van der Waals surface area contributed by atoms with E-state index in [2.05, 4.69) is 0 Å². The summed E-state index contributed by atoms with van der Waals surface area (Å²) in [5.41, 5.74) is 0. The molecule has 0 aliphatic rings. The molecule has 0 heteroatoms. The minimum Gasteiger partial charge on any atom is -0.358 e. The molecule has 0 bridgehead atoms. The summed E-state index contributed by atoms with van der Waals surface area (Å²) < 4.78 is 0. The van der Waals surface area contributed by atoms with Crippen molar-refractivity contribution in [3.63, 3.8) is 0 Å².